The monoisotopic (exact) mass is 458 g/mol. The smallest absolute Gasteiger partial charge is 0.265 e. The molecule has 0 saturated carbocycles. The number of hydrogen-bond donors (Lipinski definition) is 2. The van der Waals surface area contributed by atoms with Crippen molar-refractivity contribution in [2.24, 2.45) is 0 Å². The van der Waals surface area contributed by atoms with E-state index < -0.39 is 6.10 Å². The summed E-state index contributed by atoms with van der Waals surface area (Å²) >= 11 is 0. The Morgan fingerprint density at radius 1 is 0.971 bits per heavy atom. The van der Waals surface area contributed by atoms with Crippen molar-refractivity contribution in [2.75, 3.05) is 18.5 Å². The highest BCUT2D eigenvalue weighted by atomic mass is 16.5. The molecule has 6 nitrogen and oxygen atoms in total. The van der Waals surface area contributed by atoms with E-state index in [0.717, 1.165) is 30.6 Å². The van der Waals surface area contributed by atoms with Gasteiger partial charge in [0, 0.05) is 24.4 Å². The average Bonchev–Trinajstić information content (AvgIpc) is 3.41. The van der Waals surface area contributed by atoms with Gasteiger partial charge < -0.3 is 20.1 Å². The second-order valence-corrected chi connectivity index (χ2v) is 8.32. The number of ether oxygens (including phenoxy) is 2. The molecular formula is C28H30N2O4. The second-order valence-electron chi connectivity index (χ2n) is 8.32. The molecule has 4 rings (SSSR count). The van der Waals surface area contributed by atoms with Gasteiger partial charge in [0.05, 0.1) is 6.10 Å². The largest absolute Gasteiger partial charge is 0.481 e. The molecule has 2 amide bonds. The number of hydrogen-bond acceptors (Lipinski definition) is 4. The summed E-state index contributed by atoms with van der Waals surface area (Å²) in [4.78, 5) is 25.1. The third-order valence-corrected chi connectivity index (χ3v) is 5.83. The fourth-order valence-electron chi connectivity index (χ4n) is 3.88. The molecule has 6 heteroatoms. The summed E-state index contributed by atoms with van der Waals surface area (Å²) in [7, 11) is 0. The number of benzene rings is 3. The van der Waals surface area contributed by atoms with E-state index in [1.165, 1.54) is 0 Å². The predicted molar refractivity (Wildman–Crippen MR) is 133 cm³/mol. The number of amides is 2. The third-order valence-electron chi connectivity index (χ3n) is 5.83. The molecule has 1 fully saturated rings. The maximum atomic E-state index is 12.8. The average molecular weight is 459 g/mol. The maximum absolute atomic E-state index is 12.8. The van der Waals surface area contributed by atoms with Gasteiger partial charge in [-0.05, 0) is 66.8 Å². The normalized spacial score (nSPS) is 16.0. The zero-order valence-corrected chi connectivity index (χ0v) is 19.3. The van der Waals surface area contributed by atoms with Crippen LogP contribution in [0.4, 0.5) is 5.69 Å². The minimum Gasteiger partial charge on any atom is -0.481 e. The molecule has 0 aliphatic carbocycles. The van der Waals surface area contributed by atoms with Crippen LogP contribution in [0.5, 0.6) is 5.75 Å². The Kier molecular flexibility index (Phi) is 7.94. The molecule has 0 spiro atoms. The first-order chi connectivity index (χ1) is 16.6. The van der Waals surface area contributed by atoms with Gasteiger partial charge in [0.2, 0.25) is 0 Å². The molecule has 1 heterocycles. The van der Waals surface area contributed by atoms with Gasteiger partial charge in [-0.15, -0.1) is 0 Å². The van der Waals surface area contributed by atoms with Crippen molar-refractivity contribution in [3.8, 4) is 16.9 Å². The van der Waals surface area contributed by atoms with Gasteiger partial charge in [-0.25, -0.2) is 0 Å². The van der Waals surface area contributed by atoms with Crippen molar-refractivity contribution in [3.63, 3.8) is 0 Å². The summed E-state index contributed by atoms with van der Waals surface area (Å²) in [6.45, 7) is 3.18. The molecule has 2 N–H and O–H groups in total. The molecule has 1 aliphatic rings. The zero-order chi connectivity index (χ0) is 23.8. The van der Waals surface area contributed by atoms with E-state index in [2.05, 4.69) is 22.8 Å². The van der Waals surface area contributed by atoms with Crippen molar-refractivity contribution in [3.05, 3.63) is 84.4 Å². The van der Waals surface area contributed by atoms with E-state index in [1.54, 1.807) is 24.3 Å². The predicted octanol–water partition coefficient (Wildman–Crippen LogP) is 5.06. The summed E-state index contributed by atoms with van der Waals surface area (Å²) in [5.41, 5.74) is 3.37. The quantitative estimate of drug-likeness (QED) is 0.470. The first-order valence-electron chi connectivity index (χ1n) is 11.7. The molecule has 3 aromatic carbocycles. The fraction of sp³-hybridized carbons (Fsp3) is 0.286. The fourth-order valence-corrected chi connectivity index (χ4v) is 3.88. The van der Waals surface area contributed by atoms with Gasteiger partial charge in [0.15, 0.2) is 6.10 Å². The van der Waals surface area contributed by atoms with Gasteiger partial charge in [-0.1, -0.05) is 49.4 Å². The van der Waals surface area contributed by atoms with Crippen LogP contribution in [0, 0.1) is 0 Å². The topological polar surface area (TPSA) is 76.7 Å². The van der Waals surface area contributed by atoms with Gasteiger partial charge >= 0.3 is 0 Å². The summed E-state index contributed by atoms with van der Waals surface area (Å²) in [6, 6.07) is 24.7. The second kappa shape index (κ2) is 11.5. The van der Waals surface area contributed by atoms with E-state index in [1.807, 2.05) is 49.4 Å². The molecule has 0 bridgehead atoms. The standard InChI is InChI=1S/C28H30N2O4/c1-2-26(34-24-16-12-21(13-17-24)20-7-4-3-5-8-20)28(32)30-23-14-10-22(11-15-23)27(31)29-19-25-9-6-18-33-25/h3-5,7-8,10-17,25-26H,2,6,9,18-19H2,1H3,(H,29,31)(H,30,32). The van der Waals surface area contributed by atoms with Crippen LogP contribution in [-0.4, -0.2) is 37.2 Å². The SMILES string of the molecule is CCC(Oc1ccc(-c2ccccc2)cc1)C(=O)Nc1ccc(C(=O)NCC2CCCO2)cc1. The van der Waals surface area contributed by atoms with Crippen LogP contribution < -0.4 is 15.4 Å². The van der Waals surface area contributed by atoms with Gasteiger partial charge in [0.25, 0.3) is 11.8 Å². The molecule has 2 unspecified atom stereocenters. The number of carbonyl (C=O) groups excluding carboxylic acids is 2. The Labute approximate surface area is 200 Å². The van der Waals surface area contributed by atoms with Crippen molar-refractivity contribution < 1.29 is 19.1 Å². The molecule has 176 valence electrons. The summed E-state index contributed by atoms with van der Waals surface area (Å²) in [5.74, 6) is 0.257. The van der Waals surface area contributed by atoms with Crippen LogP contribution in [0.2, 0.25) is 0 Å². The van der Waals surface area contributed by atoms with E-state index in [-0.39, 0.29) is 17.9 Å². The maximum Gasteiger partial charge on any atom is 0.265 e. The Morgan fingerprint density at radius 3 is 2.32 bits per heavy atom. The molecular weight excluding hydrogens is 428 g/mol. The van der Waals surface area contributed by atoms with Crippen molar-refractivity contribution in [1.82, 2.24) is 5.32 Å². The molecule has 0 aromatic heterocycles. The van der Waals surface area contributed by atoms with Crippen LogP contribution in [-0.2, 0) is 9.53 Å². The molecule has 34 heavy (non-hydrogen) atoms. The van der Waals surface area contributed by atoms with Crippen LogP contribution in [0.25, 0.3) is 11.1 Å². The third kappa shape index (κ3) is 6.23. The Balaban J connectivity index is 1.30. The summed E-state index contributed by atoms with van der Waals surface area (Å²) in [6.07, 6.45) is 2.01. The lowest BCUT2D eigenvalue weighted by molar-refractivity contribution is -0.122. The van der Waals surface area contributed by atoms with E-state index in [0.29, 0.717) is 30.0 Å². The Bertz CT molecular complexity index is 1080. The molecule has 2 atom stereocenters. The number of carbonyl (C=O) groups is 2. The molecule has 1 aliphatic heterocycles. The van der Waals surface area contributed by atoms with E-state index >= 15 is 0 Å². The lowest BCUT2D eigenvalue weighted by Gasteiger charge is -2.18. The van der Waals surface area contributed by atoms with Gasteiger partial charge in [-0.3, -0.25) is 9.59 Å². The minimum atomic E-state index is -0.628. The first kappa shape index (κ1) is 23.5. The number of anilines is 1. The Hall–Kier alpha value is -3.64. The number of rotatable bonds is 9. The molecule has 3 aromatic rings. The zero-order valence-electron chi connectivity index (χ0n) is 19.3. The summed E-state index contributed by atoms with van der Waals surface area (Å²) in [5, 5.41) is 5.78. The van der Waals surface area contributed by atoms with Crippen LogP contribution in [0.15, 0.2) is 78.9 Å². The lowest BCUT2D eigenvalue weighted by Crippen LogP contribution is -2.32. The van der Waals surface area contributed by atoms with Crippen molar-refractivity contribution >= 4 is 17.5 Å². The minimum absolute atomic E-state index is 0.100. The molecule has 1 saturated heterocycles. The van der Waals surface area contributed by atoms with Crippen LogP contribution >= 0.6 is 0 Å². The number of nitrogens with one attached hydrogen (secondary N) is 2. The van der Waals surface area contributed by atoms with Gasteiger partial charge in [-0.2, -0.15) is 0 Å². The highest BCUT2D eigenvalue weighted by molar-refractivity contribution is 5.97. The lowest BCUT2D eigenvalue weighted by atomic mass is 10.1. The highest BCUT2D eigenvalue weighted by Crippen LogP contribution is 2.23. The summed E-state index contributed by atoms with van der Waals surface area (Å²) < 4.78 is 11.5. The van der Waals surface area contributed by atoms with Gasteiger partial charge in [0.1, 0.15) is 5.75 Å². The van der Waals surface area contributed by atoms with E-state index in [4.69, 9.17) is 9.47 Å². The first-order valence-corrected chi connectivity index (χ1v) is 11.7. The highest BCUT2D eigenvalue weighted by Gasteiger charge is 2.19. The van der Waals surface area contributed by atoms with Crippen LogP contribution in [0.3, 0.4) is 0 Å². The van der Waals surface area contributed by atoms with Crippen LogP contribution in [0.1, 0.15) is 36.5 Å². The van der Waals surface area contributed by atoms with Crippen molar-refractivity contribution in [2.45, 2.75) is 38.4 Å². The van der Waals surface area contributed by atoms with Crippen molar-refractivity contribution in [1.29, 1.82) is 0 Å². The van der Waals surface area contributed by atoms with E-state index in [9.17, 15) is 9.59 Å². The Morgan fingerprint density at radius 2 is 1.68 bits per heavy atom. The molecule has 0 radical (unpaired) electrons.